The van der Waals surface area contributed by atoms with Crippen LogP contribution in [-0.2, 0) is 17.6 Å². The first-order valence-corrected chi connectivity index (χ1v) is 9.71. The van der Waals surface area contributed by atoms with Gasteiger partial charge in [0.2, 0.25) is 5.91 Å². The van der Waals surface area contributed by atoms with Crippen molar-refractivity contribution in [2.24, 2.45) is 0 Å². The number of carboxylic acid groups (broad SMARTS) is 1. The van der Waals surface area contributed by atoms with Crippen LogP contribution >= 0.6 is 15.9 Å². The number of benzene rings is 2. The summed E-state index contributed by atoms with van der Waals surface area (Å²) in [6, 6.07) is 10.4. The summed E-state index contributed by atoms with van der Waals surface area (Å²) in [4.78, 5) is 35.9. The minimum atomic E-state index is -1.13. The van der Waals surface area contributed by atoms with Crippen molar-refractivity contribution in [3.05, 3.63) is 63.1 Å². The van der Waals surface area contributed by atoms with Crippen molar-refractivity contribution in [3.8, 4) is 0 Å². The minimum absolute atomic E-state index is 0.00117. The number of hydrogen-bond acceptors (Lipinski definition) is 3. The van der Waals surface area contributed by atoms with Crippen LogP contribution < -0.4 is 5.32 Å². The van der Waals surface area contributed by atoms with E-state index in [-0.39, 0.29) is 35.8 Å². The van der Waals surface area contributed by atoms with Crippen LogP contribution in [0.5, 0.6) is 0 Å². The van der Waals surface area contributed by atoms with E-state index in [4.69, 9.17) is 0 Å². The first-order valence-electron chi connectivity index (χ1n) is 8.92. The van der Waals surface area contributed by atoms with Crippen LogP contribution in [0.3, 0.4) is 0 Å². The predicted molar refractivity (Wildman–Crippen MR) is 106 cm³/mol. The van der Waals surface area contributed by atoms with Crippen molar-refractivity contribution < 1.29 is 19.5 Å². The Hall–Kier alpha value is -2.47. The van der Waals surface area contributed by atoms with Crippen molar-refractivity contribution >= 4 is 39.3 Å². The van der Waals surface area contributed by atoms with E-state index in [1.54, 1.807) is 6.07 Å². The molecule has 0 aliphatic heterocycles. The van der Waals surface area contributed by atoms with Gasteiger partial charge in [0.05, 0.1) is 11.3 Å². The number of carbonyl (C=O) groups excluding carboxylic acids is 2. The van der Waals surface area contributed by atoms with E-state index < -0.39 is 5.97 Å². The number of amides is 1. The molecule has 0 spiro atoms. The first-order chi connectivity index (χ1) is 12.9. The van der Waals surface area contributed by atoms with E-state index in [0.717, 1.165) is 19.3 Å². The lowest BCUT2D eigenvalue weighted by molar-refractivity contribution is -0.116. The number of aryl methyl sites for hydroxylation is 2. The second-order valence-electron chi connectivity index (χ2n) is 6.66. The third-order valence-electron chi connectivity index (χ3n) is 4.74. The standard InChI is InChI=1S/C21H20BrNO4/c22-16-7-8-18(17(12-16)21(26)27)23-20(25)10-9-19(24)15-6-5-13-3-1-2-4-14(13)11-15/h5-8,11-12H,1-4,9-10H2,(H,23,25)(H,26,27). The van der Waals surface area contributed by atoms with Crippen molar-refractivity contribution in [1.82, 2.24) is 0 Å². The number of hydrogen-bond donors (Lipinski definition) is 2. The molecular formula is C21H20BrNO4. The lowest BCUT2D eigenvalue weighted by atomic mass is 9.89. The number of ketones is 1. The lowest BCUT2D eigenvalue weighted by Crippen LogP contribution is -2.16. The Morgan fingerprint density at radius 2 is 1.70 bits per heavy atom. The largest absolute Gasteiger partial charge is 0.478 e. The van der Waals surface area contributed by atoms with Crippen molar-refractivity contribution in [2.45, 2.75) is 38.5 Å². The number of carbonyl (C=O) groups is 3. The first kappa shape index (κ1) is 19.3. The Balaban J connectivity index is 1.61. The van der Waals surface area contributed by atoms with E-state index in [0.29, 0.717) is 10.0 Å². The van der Waals surface area contributed by atoms with Gasteiger partial charge in [0.15, 0.2) is 5.78 Å². The molecule has 5 nitrogen and oxygen atoms in total. The van der Waals surface area contributed by atoms with E-state index >= 15 is 0 Å². The maximum absolute atomic E-state index is 12.4. The van der Waals surface area contributed by atoms with Gasteiger partial charge in [-0.1, -0.05) is 28.1 Å². The molecule has 0 radical (unpaired) electrons. The number of fused-ring (bicyclic) bond motifs is 1. The highest BCUT2D eigenvalue weighted by Gasteiger charge is 2.16. The van der Waals surface area contributed by atoms with Gasteiger partial charge >= 0.3 is 5.97 Å². The molecular weight excluding hydrogens is 410 g/mol. The molecule has 140 valence electrons. The van der Waals surface area contributed by atoms with Crippen molar-refractivity contribution in [3.63, 3.8) is 0 Å². The van der Waals surface area contributed by atoms with Gasteiger partial charge in [-0.3, -0.25) is 9.59 Å². The number of rotatable bonds is 6. The zero-order valence-electron chi connectivity index (χ0n) is 14.8. The zero-order chi connectivity index (χ0) is 19.4. The summed E-state index contributed by atoms with van der Waals surface area (Å²) < 4.78 is 0.612. The maximum Gasteiger partial charge on any atom is 0.337 e. The Morgan fingerprint density at radius 1 is 0.963 bits per heavy atom. The maximum atomic E-state index is 12.4. The molecule has 1 aliphatic carbocycles. The molecule has 2 aromatic rings. The van der Waals surface area contributed by atoms with Crippen LogP contribution in [0.4, 0.5) is 5.69 Å². The summed E-state index contributed by atoms with van der Waals surface area (Å²) >= 11 is 3.21. The van der Waals surface area contributed by atoms with Gasteiger partial charge in [0, 0.05) is 22.9 Å². The van der Waals surface area contributed by atoms with Crippen LogP contribution in [0, 0.1) is 0 Å². The molecule has 0 fully saturated rings. The molecule has 3 rings (SSSR count). The van der Waals surface area contributed by atoms with Crippen LogP contribution in [0.25, 0.3) is 0 Å². The van der Waals surface area contributed by atoms with E-state index in [1.165, 1.54) is 29.7 Å². The fraction of sp³-hybridized carbons (Fsp3) is 0.286. The average Bonchev–Trinajstić information content (AvgIpc) is 2.67. The second kappa shape index (κ2) is 8.48. The Kier molecular flexibility index (Phi) is 6.06. The molecule has 0 atom stereocenters. The van der Waals surface area contributed by atoms with Crippen LogP contribution in [0.1, 0.15) is 57.5 Å². The van der Waals surface area contributed by atoms with Crippen LogP contribution in [0.15, 0.2) is 40.9 Å². The van der Waals surface area contributed by atoms with Gasteiger partial charge in [0.1, 0.15) is 0 Å². The fourth-order valence-electron chi connectivity index (χ4n) is 3.29. The summed E-state index contributed by atoms with van der Waals surface area (Å²) in [5.41, 5.74) is 3.40. The number of carboxylic acids is 1. The third kappa shape index (κ3) is 4.83. The molecule has 1 amide bonds. The molecule has 0 saturated carbocycles. The second-order valence-corrected chi connectivity index (χ2v) is 7.57. The van der Waals surface area contributed by atoms with Gasteiger partial charge in [-0.05, 0) is 61.1 Å². The van der Waals surface area contributed by atoms with Gasteiger partial charge in [0.25, 0.3) is 0 Å². The van der Waals surface area contributed by atoms with Crippen molar-refractivity contribution in [1.29, 1.82) is 0 Å². The van der Waals surface area contributed by atoms with Gasteiger partial charge in [-0.2, -0.15) is 0 Å². The van der Waals surface area contributed by atoms with Gasteiger partial charge in [-0.25, -0.2) is 4.79 Å². The number of anilines is 1. The quantitative estimate of drug-likeness (QED) is 0.655. The minimum Gasteiger partial charge on any atom is -0.478 e. The molecule has 0 aromatic heterocycles. The van der Waals surface area contributed by atoms with Crippen molar-refractivity contribution in [2.75, 3.05) is 5.32 Å². The molecule has 0 unspecified atom stereocenters. The molecule has 2 N–H and O–H groups in total. The topological polar surface area (TPSA) is 83.5 Å². The zero-order valence-corrected chi connectivity index (χ0v) is 16.3. The third-order valence-corrected chi connectivity index (χ3v) is 5.23. The van der Waals surface area contributed by atoms with E-state index in [2.05, 4.69) is 21.2 Å². The summed E-state index contributed by atoms with van der Waals surface area (Å²) in [5, 5.41) is 11.8. The van der Waals surface area contributed by atoms with Crippen LogP contribution in [0.2, 0.25) is 0 Å². The molecule has 0 saturated heterocycles. The summed E-state index contributed by atoms with van der Waals surface area (Å²) in [5.74, 6) is -1.59. The summed E-state index contributed by atoms with van der Waals surface area (Å²) in [6.45, 7) is 0. The Labute approximate surface area is 165 Å². The molecule has 1 aliphatic rings. The average molecular weight is 430 g/mol. The predicted octanol–water partition coefficient (Wildman–Crippen LogP) is 4.63. The van der Waals surface area contributed by atoms with Crippen LogP contribution in [-0.4, -0.2) is 22.8 Å². The SMILES string of the molecule is O=C(CCC(=O)c1ccc2c(c1)CCCC2)Nc1ccc(Br)cc1C(=O)O. The Bertz CT molecular complexity index is 907. The number of Topliss-reactive ketones (excluding diaryl/α,β-unsaturated/α-hetero) is 1. The summed E-state index contributed by atoms with van der Waals surface area (Å²) in [6.07, 6.45) is 4.49. The highest BCUT2D eigenvalue weighted by molar-refractivity contribution is 9.10. The van der Waals surface area contributed by atoms with E-state index in [1.807, 2.05) is 18.2 Å². The van der Waals surface area contributed by atoms with Gasteiger partial charge in [-0.15, -0.1) is 0 Å². The molecule has 0 bridgehead atoms. The number of nitrogens with one attached hydrogen (secondary N) is 1. The van der Waals surface area contributed by atoms with Gasteiger partial charge < -0.3 is 10.4 Å². The smallest absolute Gasteiger partial charge is 0.337 e. The Morgan fingerprint density at radius 3 is 2.44 bits per heavy atom. The normalized spacial score (nSPS) is 12.9. The highest BCUT2D eigenvalue weighted by Crippen LogP contribution is 2.24. The number of aromatic carboxylic acids is 1. The molecule has 27 heavy (non-hydrogen) atoms. The fourth-order valence-corrected chi connectivity index (χ4v) is 3.65. The molecule has 2 aromatic carbocycles. The van der Waals surface area contributed by atoms with E-state index in [9.17, 15) is 19.5 Å². The number of halogens is 1. The summed E-state index contributed by atoms with van der Waals surface area (Å²) in [7, 11) is 0. The monoisotopic (exact) mass is 429 g/mol. The molecule has 0 heterocycles. The highest BCUT2D eigenvalue weighted by atomic mass is 79.9. The molecule has 6 heteroatoms. The lowest BCUT2D eigenvalue weighted by Gasteiger charge is -2.16.